The number of likely N-dealkylation sites (tertiary alicyclic amines) is 1. The number of hydrogen-bond acceptors (Lipinski definition) is 5. The summed E-state index contributed by atoms with van der Waals surface area (Å²) in [5, 5.41) is 0. The molecular weight excluding hydrogens is 433 g/mol. The summed E-state index contributed by atoms with van der Waals surface area (Å²) in [6.07, 6.45) is 1.48. The summed E-state index contributed by atoms with van der Waals surface area (Å²) in [4.78, 5) is 37.3. The molecule has 0 aliphatic carbocycles. The zero-order chi connectivity index (χ0) is 21.1. The summed E-state index contributed by atoms with van der Waals surface area (Å²) in [6.45, 7) is 5.67. The number of methoxy groups -OCH3 is 1. The van der Waals surface area contributed by atoms with Crippen molar-refractivity contribution in [2.45, 2.75) is 51.7 Å². The van der Waals surface area contributed by atoms with Gasteiger partial charge in [0.25, 0.3) is 0 Å². The number of rotatable bonds is 4. The highest BCUT2D eigenvalue weighted by Gasteiger charge is 2.35. The number of carbonyl (C=O) groups is 3. The molecule has 0 spiro atoms. The fourth-order valence-electron chi connectivity index (χ4n) is 3.26. The lowest BCUT2D eigenvalue weighted by Crippen LogP contribution is -2.49. The standard InChI is InChI=1S/C20H25BrFNO5/c1-20(2,3)28-19(26)23-8-7-12(11-24)9-14(23)10-13-5-6-15(21)16(17(13)22)18(25)27-4/h5-6,11-12,14H,7-10H2,1-4H3. The van der Waals surface area contributed by atoms with Gasteiger partial charge in [0.15, 0.2) is 0 Å². The highest BCUT2D eigenvalue weighted by molar-refractivity contribution is 9.10. The van der Waals surface area contributed by atoms with E-state index in [4.69, 9.17) is 4.74 Å². The Labute approximate surface area is 172 Å². The Morgan fingerprint density at radius 1 is 1.36 bits per heavy atom. The second-order valence-corrected chi connectivity index (χ2v) is 8.69. The van der Waals surface area contributed by atoms with Gasteiger partial charge in [0.1, 0.15) is 23.3 Å². The summed E-state index contributed by atoms with van der Waals surface area (Å²) < 4.78 is 25.4. The average Bonchev–Trinajstić information content (AvgIpc) is 2.62. The molecule has 6 nitrogen and oxygen atoms in total. The number of halogens is 2. The number of hydrogen-bond donors (Lipinski definition) is 0. The van der Waals surface area contributed by atoms with Crippen LogP contribution < -0.4 is 0 Å². The number of benzene rings is 1. The van der Waals surface area contributed by atoms with E-state index < -0.39 is 29.5 Å². The van der Waals surface area contributed by atoms with Gasteiger partial charge in [-0.1, -0.05) is 6.07 Å². The van der Waals surface area contributed by atoms with Gasteiger partial charge >= 0.3 is 12.1 Å². The largest absolute Gasteiger partial charge is 0.465 e. The predicted molar refractivity (Wildman–Crippen MR) is 105 cm³/mol. The quantitative estimate of drug-likeness (QED) is 0.501. The lowest BCUT2D eigenvalue weighted by molar-refractivity contribution is -0.113. The third-order valence-corrected chi connectivity index (χ3v) is 5.25. The highest BCUT2D eigenvalue weighted by Crippen LogP contribution is 2.29. The molecule has 0 aromatic heterocycles. The third-order valence-electron chi connectivity index (χ3n) is 4.59. The van der Waals surface area contributed by atoms with Gasteiger partial charge < -0.3 is 19.2 Å². The summed E-state index contributed by atoms with van der Waals surface area (Å²) in [6, 6.07) is 2.71. The molecule has 0 bridgehead atoms. The van der Waals surface area contributed by atoms with Crippen LogP contribution in [0.25, 0.3) is 0 Å². The van der Waals surface area contributed by atoms with Crippen LogP contribution in [0.2, 0.25) is 0 Å². The smallest absolute Gasteiger partial charge is 0.410 e. The number of ether oxygens (including phenoxy) is 2. The Morgan fingerprint density at radius 3 is 2.61 bits per heavy atom. The Bertz CT molecular complexity index is 762. The minimum absolute atomic E-state index is 0.159. The SMILES string of the molecule is COC(=O)c1c(Br)ccc(CC2CC(C=O)CCN2C(=O)OC(C)(C)C)c1F. The van der Waals surface area contributed by atoms with Crippen molar-refractivity contribution in [1.82, 2.24) is 4.90 Å². The summed E-state index contributed by atoms with van der Waals surface area (Å²) in [5.74, 6) is -1.69. The molecule has 1 saturated heterocycles. The van der Waals surface area contributed by atoms with Gasteiger partial charge in [0.2, 0.25) is 0 Å². The number of carbonyl (C=O) groups excluding carboxylic acids is 3. The molecule has 1 aromatic rings. The Kier molecular flexibility index (Phi) is 7.20. The van der Waals surface area contributed by atoms with Gasteiger partial charge in [-0.15, -0.1) is 0 Å². The number of amides is 1. The molecule has 0 saturated carbocycles. The second-order valence-electron chi connectivity index (χ2n) is 7.84. The first-order valence-corrected chi connectivity index (χ1v) is 9.86. The first kappa shape index (κ1) is 22.3. The van der Waals surface area contributed by atoms with Gasteiger partial charge in [-0.2, -0.15) is 0 Å². The Balaban J connectivity index is 2.32. The third kappa shape index (κ3) is 5.31. The van der Waals surface area contributed by atoms with Crippen molar-refractivity contribution < 1.29 is 28.2 Å². The van der Waals surface area contributed by atoms with Crippen molar-refractivity contribution in [2.24, 2.45) is 5.92 Å². The molecule has 0 radical (unpaired) electrons. The lowest BCUT2D eigenvalue weighted by Gasteiger charge is -2.39. The van der Waals surface area contributed by atoms with Crippen molar-refractivity contribution in [3.05, 3.63) is 33.5 Å². The number of esters is 1. The van der Waals surface area contributed by atoms with E-state index in [0.717, 1.165) is 6.29 Å². The fraction of sp³-hybridized carbons (Fsp3) is 0.550. The summed E-state index contributed by atoms with van der Waals surface area (Å²) in [5.41, 5.74) is -0.579. The van der Waals surface area contributed by atoms with Crippen molar-refractivity contribution in [3.63, 3.8) is 0 Å². The normalized spacial score (nSPS) is 19.9. The molecule has 1 heterocycles. The molecule has 1 fully saturated rings. The molecule has 1 aliphatic rings. The van der Waals surface area contributed by atoms with Crippen LogP contribution in [-0.2, 0) is 20.7 Å². The van der Waals surface area contributed by atoms with Crippen LogP contribution in [0.15, 0.2) is 16.6 Å². The molecule has 1 aromatic carbocycles. The van der Waals surface area contributed by atoms with Crippen LogP contribution in [0.1, 0.15) is 49.5 Å². The van der Waals surface area contributed by atoms with Crippen LogP contribution in [0, 0.1) is 11.7 Å². The second kappa shape index (κ2) is 9.03. The first-order valence-electron chi connectivity index (χ1n) is 9.07. The average molecular weight is 458 g/mol. The van der Waals surface area contributed by atoms with Crippen LogP contribution in [-0.4, -0.2) is 48.5 Å². The summed E-state index contributed by atoms with van der Waals surface area (Å²) >= 11 is 3.17. The molecule has 2 atom stereocenters. The molecule has 1 aliphatic heterocycles. The van der Waals surface area contributed by atoms with E-state index in [0.29, 0.717) is 23.9 Å². The molecule has 8 heteroatoms. The zero-order valence-corrected chi connectivity index (χ0v) is 18.0. The van der Waals surface area contributed by atoms with Crippen LogP contribution in [0.4, 0.5) is 9.18 Å². The van der Waals surface area contributed by atoms with Gasteiger partial charge in [0, 0.05) is 23.0 Å². The fourth-order valence-corrected chi connectivity index (χ4v) is 3.72. The predicted octanol–water partition coefficient (Wildman–Crippen LogP) is 4.13. The number of aldehydes is 1. The maximum absolute atomic E-state index is 15.0. The summed E-state index contributed by atoms with van der Waals surface area (Å²) in [7, 11) is 1.18. The van der Waals surface area contributed by atoms with E-state index >= 15 is 0 Å². The van der Waals surface area contributed by atoms with E-state index in [1.165, 1.54) is 7.11 Å². The van der Waals surface area contributed by atoms with Crippen molar-refractivity contribution in [3.8, 4) is 0 Å². The monoisotopic (exact) mass is 457 g/mol. The van der Waals surface area contributed by atoms with E-state index in [1.807, 2.05) is 0 Å². The number of nitrogens with zero attached hydrogens (tertiary/aromatic N) is 1. The maximum atomic E-state index is 15.0. The van der Waals surface area contributed by atoms with Gasteiger partial charge in [0.05, 0.1) is 7.11 Å². The lowest BCUT2D eigenvalue weighted by atomic mass is 9.88. The Morgan fingerprint density at radius 2 is 2.04 bits per heavy atom. The van der Waals surface area contributed by atoms with Crippen LogP contribution >= 0.6 is 15.9 Å². The molecule has 154 valence electrons. The minimum atomic E-state index is -0.787. The van der Waals surface area contributed by atoms with Crippen LogP contribution in [0.3, 0.4) is 0 Å². The molecule has 0 N–H and O–H groups in total. The van der Waals surface area contributed by atoms with E-state index in [1.54, 1.807) is 37.8 Å². The van der Waals surface area contributed by atoms with E-state index in [9.17, 15) is 18.8 Å². The first-order chi connectivity index (χ1) is 13.1. The molecule has 2 unspecified atom stereocenters. The number of piperidine rings is 1. The van der Waals surface area contributed by atoms with Crippen molar-refractivity contribution >= 4 is 34.3 Å². The molecule has 1 amide bonds. The van der Waals surface area contributed by atoms with E-state index in [2.05, 4.69) is 20.7 Å². The molecule has 2 rings (SSSR count). The zero-order valence-electron chi connectivity index (χ0n) is 16.5. The Hall–Kier alpha value is -1.96. The topological polar surface area (TPSA) is 72.9 Å². The van der Waals surface area contributed by atoms with Gasteiger partial charge in [-0.25, -0.2) is 14.0 Å². The molecule has 28 heavy (non-hydrogen) atoms. The molecular formula is C20H25BrFNO5. The maximum Gasteiger partial charge on any atom is 0.410 e. The van der Waals surface area contributed by atoms with E-state index in [-0.39, 0.29) is 23.5 Å². The minimum Gasteiger partial charge on any atom is -0.465 e. The van der Waals surface area contributed by atoms with Crippen LogP contribution in [0.5, 0.6) is 0 Å². The van der Waals surface area contributed by atoms with Crippen molar-refractivity contribution in [2.75, 3.05) is 13.7 Å². The van der Waals surface area contributed by atoms with Gasteiger partial charge in [-0.05, 0) is 67.6 Å². The van der Waals surface area contributed by atoms with Crippen molar-refractivity contribution in [1.29, 1.82) is 0 Å². The van der Waals surface area contributed by atoms with Gasteiger partial charge in [-0.3, -0.25) is 0 Å². The highest BCUT2D eigenvalue weighted by atomic mass is 79.9.